The molecule has 0 atom stereocenters. The summed E-state index contributed by atoms with van der Waals surface area (Å²) in [6.45, 7) is 7.17. The van der Waals surface area contributed by atoms with Gasteiger partial charge in [0, 0.05) is 58.4 Å². The lowest BCUT2D eigenvalue weighted by Gasteiger charge is -2.37. The van der Waals surface area contributed by atoms with E-state index in [2.05, 4.69) is 19.8 Å². The summed E-state index contributed by atoms with van der Waals surface area (Å²) >= 11 is 13.9. The van der Waals surface area contributed by atoms with Gasteiger partial charge in [-0.25, -0.2) is 14.8 Å². The number of piperazine rings is 2. The largest absolute Gasteiger partial charge is 0.450 e. The van der Waals surface area contributed by atoms with Crippen LogP contribution >= 0.6 is 35.0 Å². The summed E-state index contributed by atoms with van der Waals surface area (Å²) in [5, 5.41) is 1.57. The Kier molecular flexibility index (Phi) is 8.80. The molecule has 1 aromatic carbocycles. The zero-order valence-electron chi connectivity index (χ0n) is 19.5. The Labute approximate surface area is 219 Å². The van der Waals surface area contributed by atoms with Crippen molar-refractivity contribution in [1.29, 1.82) is 0 Å². The zero-order chi connectivity index (χ0) is 24.8. The number of benzene rings is 1. The van der Waals surface area contributed by atoms with Crippen molar-refractivity contribution in [2.75, 3.05) is 74.5 Å². The summed E-state index contributed by atoms with van der Waals surface area (Å²) in [5.74, 6) is 0.943. The molecule has 0 N–H and O–H groups in total. The van der Waals surface area contributed by atoms with Gasteiger partial charge in [0.2, 0.25) is 5.91 Å². The minimum Gasteiger partial charge on any atom is -0.450 e. The van der Waals surface area contributed by atoms with Gasteiger partial charge in [0.05, 0.1) is 23.1 Å². The maximum atomic E-state index is 12.7. The third kappa shape index (κ3) is 6.62. The number of nitrogens with zero attached hydrogens (tertiary/aromatic N) is 6. The van der Waals surface area contributed by atoms with Crippen LogP contribution in [0.4, 0.5) is 16.3 Å². The number of halogens is 2. The van der Waals surface area contributed by atoms with Crippen molar-refractivity contribution in [3.05, 3.63) is 40.5 Å². The molecule has 0 spiro atoms. The predicted octanol–water partition coefficient (Wildman–Crippen LogP) is 3.50. The van der Waals surface area contributed by atoms with Gasteiger partial charge < -0.3 is 24.3 Å². The minimum atomic E-state index is -0.332. The van der Waals surface area contributed by atoms with E-state index in [0.29, 0.717) is 43.1 Å². The smallest absolute Gasteiger partial charge is 0.409 e. The number of carbonyl (C=O) groups excluding carboxylic acids is 2. The molecule has 4 rings (SSSR count). The molecule has 2 aromatic rings. The molecule has 2 aliphatic heterocycles. The van der Waals surface area contributed by atoms with Gasteiger partial charge in [-0.3, -0.25) is 4.79 Å². The number of rotatable bonds is 6. The van der Waals surface area contributed by atoms with Crippen LogP contribution in [0.2, 0.25) is 10.2 Å². The number of amides is 2. The Hall–Kier alpha value is -2.43. The minimum absolute atomic E-state index is 0.0167. The summed E-state index contributed by atoms with van der Waals surface area (Å²) in [4.78, 5) is 41.3. The van der Waals surface area contributed by atoms with Crippen molar-refractivity contribution in [3.63, 3.8) is 0 Å². The van der Waals surface area contributed by atoms with E-state index in [-0.39, 0.29) is 17.8 Å². The van der Waals surface area contributed by atoms with Gasteiger partial charge in [-0.15, -0.1) is 0 Å². The Morgan fingerprint density at radius 1 is 0.943 bits per heavy atom. The fraction of sp³-hybridized carbons (Fsp3) is 0.478. The molecule has 35 heavy (non-hydrogen) atoms. The Morgan fingerprint density at radius 3 is 2.29 bits per heavy atom. The summed E-state index contributed by atoms with van der Waals surface area (Å²) in [6.07, 6.45) is -0.332. The van der Waals surface area contributed by atoms with Gasteiger partial charge in [0.1, 0.15) is 11.0 Å². The number of para-hydroxylation sites is 1. The number of ether oxygens (including phenoxy) is 1. The molecule has 12 heteroatoms. The van der Waals surface area contributed by atoms with Gasteiger partial charge in [-0.2, -0.15) is 0 Å². The SMILES string of the molecule is CCOC(=O)N1CCN(C(=O)CSc2nc(Cl)cc(N3CCN(c4ccccc4Cl)CC3)n2)CC1. The number of hydrogen-bond donors (Lipinski definition) is 0. The molecule has 188 valence electrons. The maximum Gasteiger partial charge on any atom is 0.409 e. The van der Waals surface area contributed by atoms with Crippen LogP contribution in [0.5, 0.6) is 0 Å². The second-order valence-corrected chi connectivity index (χ2v) is 9.85. The highest BCUT2D eigenvalue weighted by Gasteiger charge is 2.25. The first-order valence-electron chi connectivity index (χ1n) is 11.6. The first-order chi connectivity index (χ1) is 16.9. The lowest BCUT2D eigenvalue weighted by atomic mass is 10.2. The Morgan fingerprint density at radius 2 is 1.60 bits per heavy atom. The lowest BCUT2D eigenvalue weighted by molar-refractivity contribution is -0.129. The van der Waals surface area contributed by atoms with Crippen molar-refractivity contribution in [1.82, 2.24) is 19.8 Å². The highest BCUT2D eigenvalue weighted by molar-refractivity contribution is 7.99. The van der Waals surface area contributed by atoms with Crippen molar-refractivity contribution in [2.24, 2.45) is 0 Å². The molecular formula is C23H28Cl2N6O3S. The molecule has 2 fully saturated rings. The predicted molar refractivity (Wildman–Crippen MR) is 139 cm³/mol. The van der Waals surface area contributed by atoms with E-state index in [4.69, 9.17) is 27.9 Å². The summed E-state index contributed by atoms with van der Waals surface area (Å²) in [7, 11) is 0. The first kappa shape index (κ1) is 25.7. The van der Waals surface area contributed by atoms with E-state index >= 15 is 0 Å². The van der Waals surface area contributed by atoms with Crippen molar-refractivity contribution < 1.29 is 14.3 Å². The van der Waals surface area contributed by atoms with Crippen LogP contribution in [-0.4, -0.2) is 96.5 Å². The molecule has 3 heterocycles. The average molecular weight is 539 g/mol. The molecule has 0 unspecified atom stereocenters. The third-order valence-electron chi connectivity index (χ3n) is 5.94. The van der Waals surface area contributed by atoms with E-state index in [1.165, 1.54) is 11.8 Å². The molecule has 9 nitrogen and oxygen atoms in total. The van der Waals surface area contributed by atoms with E-state index in [1.54, 1.807) is 22.8 Å². The van der Waals surface area contributed by atoms with Crippen LogP contribution in [0.15, 0.2) is 35.5 Å². The molecule has 0 saturated carbocycles. The standard InChI is InChI=1S/C23H28Cl2N6O3S/c1-2-34-23(33)31-13-11-30(12-14-31)21(32)16-35-22-26-19(25)15-20(27-22)29-9-7-28(8-10-29)18-6-4-3-5-17(18)24/h3-6,15H,2,7-14,16H2,1H3. The monoisotopic (exact) mass is 538 g/mol. The van der Waals surface area contributed by atoms with Crippen LogP contribution in [0.25, 0.3) is 0 Å². The molecule has 2 saturated heterocycles. The molecule has 2 amide bonds. The normalized spacial score (nSPS) is 16.4. The number of carbonyl (C=O) groups is 2. The lowest BCUT2D eigenvalue weighted by Crippen LogP contribution is -2.51. The topological polar surface area (TPSA) is 82.1 Å². The Balaban J connectivity index is 1.29. The second kappa shape index (κ2) is 12.0. The van der Waals surface area contributed by atoms with Crippen molar-refractivity contribution in [2.45, 2.75) is 12.1 Å². The van der Waals surface area contributed by atoms with E-state index in [0.717, 1.165) is 42.7 Å². The van der Waals surface area contributed by atoms with Crippen LogP contribution in [0, 0.1) is 0 Å². The number of aromatic nitrogens is 2. The molecule has 0 bridgehead atoms. The summed E-state index contributed by atoms with van der Waals surface area (Å²) in [6, 6.07) is 9.61. The highest BCUT2D eigenvalue weighted by atomic mass is 35.5. The van der Waals surface area contributed by atoms with Crippen LogP contribution in [0.3, 0.4) is 0 Å². The van der Waals surface area contributed by atoms with Gasteiger partial charge in [-0.1, -0.05) is 47.1 Å². The fourth-order valence-corrected chi connectivity index (χ4v) is 5.31. The highest BCUT2D eigenvalue weighted by Crippen LogP contribution is 2.28. The average Bonchev–Trinajstić information content (AvgIpc) is 2.87. The van der Waals surface area contributed by atoms with Gasteiger partial charge >= 0.3 is 6.09 Å². The quantitative estimate of drug-likeness (QED) is 0.314. The third-order valence-corrected chi connectivity index (χ3v) is 7.29. The van der Waals surface area contributed by atoms with E-state index in [1.807, 2.05) is 24.3 Å². The molecule has 2 aliphatic rings. The van der Waals surface area contributed by atoms with E-state index in [9.17, 15) is 9.59 Å². The number of thioether (sulfide) groups is 1. The summed E-state index contributed by atoms with van der Waals surface area (Å²) < 4.78 is 5.03. The molecule has 1 aromatic heterocycles. The fourth-order valence-electron chi connectivity index (χ4n) is 4.07. The van der Waals surface area contributed by atoms with E-state index < -0.39 is 0 Å². The molecule has 0 aliphatic carbocycles. The van der Waals surface area contributed by atoms with Crippen molar-refractivity contribution in [3.8, 4) is 0 Å². The second-order valence-electron chi connectivity index (χ2n) is 8.11. The van der Waals surface area contributed by atoms with Crippen molar-refractivity contribution >= 4 is 58.5 Å². The Bertz CT molecular complexity index is 1050. The maximum absolute atomic E-state index is 12.7. The van der Waals surface area contributed by atoms with Crippen LogP contribution in [-0.2, 0) is 9.53 Å². The molecular weight excluding hydrogens is 511 g/mol. The summed E-state index contributed by atoms with van der Waals surface area (Å²) in [5.41, 5.74) is 1.03. The first-order valence-corrected chi connectivity index (χ1v) is 13.3. The zero-order valence-corrected chi connectivity index (χ0v) is 21.9. The number of hydrogen-bond acceptors (Lipinski definition) is 8. The van der Waals surface area contributed by atoms with Gasteiger partial charge in [0.25, 0.3) is 0 Å². The van der Waals surface area contributed by atoms with Crippen LogP contribution < -0.4 is 9.80 Å². The van der Waals surface area contributed by atoms with Gasteiger partial charge in [0.15, 0.2) is 5.16 Å². The van der Waals surface area contributed by atoms with Gasteiger partial charge in [-0.05, 0) is 19.1 Å². The number of anilines is 2. The van der Waals surface area contributed by atoms with Crippen LogP contribution in [0.1, 0.15) is 6.92 Å². The molecule has 0 radical (unpaired) electrons.